The third-order valence-corrected chi connectivity index (χ3v) is 3.67. The van der Waals surface area contributed by atoms with E-state index in [0.717, 1.165) is 14.2 Å². The molecule has 0 aromatic heterocycles. The van der Waals surface area contributed by atoms with Crippen LogP contribution in [-0.2, 0) is 19.1 Å². The molecule has 0 radical (unpaired) electrons. The molecule has 0 saturated carbocycles. The molecule has 1 heterocycles. The van der Waals surface area contributed by atoms with Gasteiger partial charge in [-0.25, -0.2) is 4.79 Å². The summed E-state index contributed by atoms with van der Waals surface area (Å²) in [7, 11) is 2.31. The summed E-state index contributed by atoms with van der Waals surface area (Å²) in [5, 5.41) is 9.74. The summed E-state index contributed by atoms with van der Waals surface area (Å²) >= 11 is 5.98. The molecule has 1 aliphatic rings. The van der Waals surface area contributed by atoms with Gasteiger partial charge in [-0.3, -0.25) is 4.79 Å². The minimum atomic E-state index is -1.31. The highest BCUT2D eigenvalue weighted by atomic mass is 35.5. The van der Waals surface area contributed by atoms with Gasteiger partial charge in [0.1, 0.15) is 11.3 Å². The molecule has 0 saturated heterocycles. The second-order valence-electron chi connectivity index (χ2n) is 4.66. The molecular weight excluding hydrogens is 324 g/mol. The first-order chi connectivity index (χ1) is 10.9. The summed E-state index contributed by atoms with van der Waals surface area (Å²) in [6, 6.07) is 6.45. The summed E-state index contributed by atoms with van der Waals surface area (Å²) in [4.78, 5) is 24.0. The Labute approximate surface area is 137 Å². The number of hydrogen-bond donors (Lipinski definition) is 1. The molecule has 2 atom stereocenters. The van der Waals surface area contributed by atoms with Gasteiger partial charge >= 0.3 is 11.9 Å². The van der Waals surface area contributed by atoms with E-state index in [0.29, 0.717) is 16.3 Å². The molecular formula is C15H13ClN2O5. The van der Waals surface area contributed by atoms with Crippen molar-refractivity contribution in [1.29, 1.82) is 5.26 Å². The van der Waals surface area contributed by atoms with Crippen LogP contribution in [0.25, 0.3) is 0 Å². The zero-order valence-electron chi connectivity index (χ0n) is 12.3. The van der Waals surface area contributed by atoms with Gasteiger partial charge < -0.3 is 19.9 Å². The molecule has 1 aromatic carbocycles. The lowest BCUT2D eigenvalue weighted by Gasteiger charge is -2.29. The van der Waals surface area contributed by atoms with Crippen molar-refractivity contribution in [3.63, 3.8) is 0 Å². The molecule has 0 spiro atoms. The minimum Gasteiger partial charge on any atom is -0.468 e. The van der Waals surface area contributed by atoms with Crippen LogP contribution >= 0.6 is 11.6 Å². The number of esters is 2. The molecule has 7 nitrogen and oxygen atoms in total. The number of ether oxygens (including phenoxy) is 3. The van der Waals surface area contributed by atoms with Gasteiger partial charge in [0.15, 0.2) is 5.92 Å². The second-order valence-corrected chi connectivity index (χ2v) is 5.10. The lowest BCUT2D eigenvalue weighted by molar-refractivity contribution is -0.144. The van der Waals surface area contributed by atoms with E-state index in [4.69, 9.17) is 26.8 Å². The smallest absolute Gasteiger partial charge is 0.339 e. The van der Waals surface area contributed by atoms with Crippen molar-refractivity contribution in [2.24, 2.45) is 11.7 Å². The van der Waals surface area contributed by atoms with Crippen molar-refractivity contribution in [2.75, 3.05) is 14.2 Å². The quantitative estimate of drug-likeness (QED) is 0.832. The maximum Gasteiger partial charge on any atom is 0.339 e. The molecule has 2 rings (SSSR count). The number of carbonyl (C=O) groups is 2. The number of nitrogens with two attached hydrogens (primary N) is 1. The van der Waals surface area contributed by atoms with Crippen LogP contribution in [0, 0.1) is 17.2 Å². The predicted octanol–water partition coefficient (Wildman–Crippen LogP) is 1.47. The van der Waals surface area contributed by atoms with Gasteiger partial charge in [-0.2, -0.15) is 5.26 Å². The van der Waals surface area contributed by atoms with Gasteiger partial charge in [-0.15, -0.1) is 0 Å². The van der Waals surface area contributed by atoms with Crippen molar-refractivity contribution in [2.45, 2.75) is 5.92 Å². The van der Waals surface area contributed by atoms with E-state index in [1.807, 2.05) is 6.07 Å². The van der Waals surface area contributed by atoms with Gasteiger partial charge in [0.05, 0.1) is 26.2 Å². The Balaban J connectivity index is 2.69. The molecule has 2 N–H and O–H groups in total. The Kier molecular flexibility index (Phi) is 4.77. The van der Waals surface area contributed by atoms with Crippen LogP contribution < -0.4 is 10.5 Å². The third-order valence-electron chi connectivity index (χ3n) is 3.44. The minimum absolute atomic E-state index is 0.126. The average molecular weight is 337 g/mol. The number of benzene rings is 1. The number of nitrogens with zero attached hydrogens (tertiary/aromatic N) is 1. The maximum atomic E-state index is 12.1. The number of halogens is 1. The van der Waals surface area contributed by atoms with Crippen LogP contribution in [0.1, 0.15) is 11.5 Å². The summed E-state index contributed by atoms with van der Waals surface area (Å²) < 4.78 is 14.7. The lowest BCUT2D eigenvalue weighted by atomic mass is 9.79. The van der Waals surface area contributed by atoms with Gasteiger partial charge in [0.25, 0.3) is 0 Å². The number of rotatable bonds is 3. The fourth-order valence-electron chi connectivity index (χ4n) is 2.41. The molecule has 1 aliphatic heterocycles. The molecule has 0 bridgehead atoms. The van der Waals surface area contributed by atoms with E-state index >= 15 is 0 Å². The molecule has 0 fully saturated rings. The summed E-state index contributed by atoms with van der Waals surface area (Å²) in [6.45, 7) is 0. The van der Waals surface area contributed by atoms with Gasteiger partial charge in [0, 0.05) is 10.6 Å². The maximum absolute atomic E-state index is 12.1. The molecule has 23 heavy (non-hydrogen) atoms. The first kappa shape index (κ1) is 16.6. The Morgan fingerprint density at radius 1 is 1.39 bits per heavy atom. The molecule has 8 heteroatoms. The van der Waals surface area contributed by atoms with Crippen molar-refractivity contribution in [3.05, 3.63) is 40.2 Å². The molecule has 0 amide bonds. The Bertz CT molecular complexity index is 738. The van der Waals surface area contributed by atoms with E-state index in [9.17, 15) is 14.9 Å². The number of carbonyl (C=O) groups excluding carboxylic acids is 2. The summed E-state index contributed by atoms with van der Waals surface area (Å²) in [6.07, 6.45) is 0. The summed E-state index contributed by atoms with van der Waals surface area (Å²) in [5.74, 6) is -3.87. The molecule has 0 aliphatic carbocycles. The largest absolute Gasteiger partial charge is 0.468 e. The normalized spacial score (nSPS) is 17.4. The fraction of sp³-hybridized carbons (Fsp3) is 0.267. The Morgan fingerprint density at radius 3 is 2.65 bits per heavy atom. The number of hydrogen-bond acceptors (Lipinski definition) is 7. The monoisotopic (exact) mass is 336 g/mol. The van der Waals surface area contributed by atoms with Crippen LogP contribution in [0.4, 0.5) is 0 Å². The van der Waals surface area contributed by atoms with Crippen LogP contribution in [0.3, 0.4) is 0 Å². The molecule has 1 aromatic rings. The van der Waals surface area contributed by atoms with Crippen molar-refractivity contribution in [1.82, 2.24) is 0 Å². The van der Waals surface area contributed by atoms with E-state index < -0.39 is 23.8 Å². The highest BCUT2D eigenvalue weighted by Gasteiger charge is 2.43. The first-order valence-corrected chi connectivity index (χ1v) is 6.85. The second kappa shape index (κ2) is 6.58. The zero-order valence-corrected chi connectivity index (χ0v) is 13.1. The van der Waals surface area contributed by atoms with Crippen LogP contribution in [0.2, 0.25) is 5.02 Å². The Morgan fingerprint density at radius 2 is 2.09 bits per heavy atom. The van der Waals surface area contributed by atoms with E-state index in [1.54, 1.807) is 6.07 Å². The predicted molar refractivity (Wildman–Crippen MR) is 79.2 cm³/mol. The van der Waals surface area contributed by atoms with Gasteiger partial charge in [-0.05, 0) is 18.2 Å². The van der Waals surface area contributed by atoms with E-state index in [1.165, 1.54) is 12.1 Å². The highest BCUT2D eigenvalue weighted by Crippen LogP contribution is 2.44. The molecule has 2 unspecified atom stereocenters. The third kappa shape index (κ3) is 2.94. The van der Waals surface area contributed by atoms with Crippen molar-refractivity contribution in [3.8, 4) is 11.8 Å². The summed E-state index contributed by atoms with van der Waals surface area (Å²) in [5.41, 5.74) is 6.05. The van der Waals surface area contributed by atoms with Crippen LogP contribution in [0.5, 0.6) is 5.75 Å². The Hall–Kier alpha value is -2.72. The zero-order chi connectivity index (χ0) is 17.1. The fourth-order valence-corrected chi connectivity index (χ4v) is 2.59. The van der Waals surface area contributed by atoms with Crippen LogP contribution in [-0.4, -0.2) is 26.2 Å². The lowest BCUT2D eigenvalue weighted by Crippen LogP contribution is -2.33. The SMILES string of the molecule is COC(=O)C1=C(N)Oc2ccc(Cl)cc2C1C(C#N)C(=O)OC. The number of nitriles is 1. The van der Waals surface area contributed by atoms with E-state index in [-0.39, 0.29) is 11.5 Å². The van der Waals surface area contributed by atoms with Gasteiger partial charge in [-0.1, -0.05) is 11.6 Å². The molecule has 120 valence electrons. The average Bonchev–Trinajstić information content (AvgIpc) is 2.55. The van der Waals surface area contributed by atoms with Crippen molar-refractivity contribution < 1.29 is 23.8 Å². The van der Waals surface area contributed by atoms with Crippen LogP contribution in [0.15, 0.2) is 29.7 Å². The highest BCUT2D eigenvalue weighted by molar-refractivity contribution is 6.30. The number of fused-ring (bicyclic) bond motifs is 1. The van der Waals surface area contributed by atoms with Crippen molar-refractivity contribution >= 4 is 23.5 Å². The van der Waals surface area contributed by atoms with E-state index in [2.05, 4.69) is 4.74 Å². The van der Waals surface area contributed by atoms with Gasteiger partial charge in [0.2, 0.25) is 5.88 Å². The first-order valence-electron chi connectivity index (χ1n) is 6.47. The topological polar surface area (TPSA) is 112 Å². The number of methoxy groups -OCH3 is 2. The standard InChI is InChI=1S/C15H13ClN2O5/c1-21-14(19)9(6-17)11-8-5-7(16)3-4-10(8)23-13(18)12(11)15(20)22-2/h3-5,9,11H,18H2,1-2H3.